The lowest BCUT2D eigenvalue weighted by molar-refractivity contribution is -0.144. The van der Waals surface area contributed by atoms with Gasteiger partial charge < -0.3 is 14.5 Å². The van der Waals surface area contributed by atoms with Crippen LogP contribution in [0.2, 0.25) is 0 Å². The number of carbonyl (C=O) groups excluding carboxylic acids is 1. The molecule has 2 atom stereocenters. The first-order valence-electron chi connectivity index (χ1n) is 8.99. The fraction of sp³-hybridized carbons (Fsp3) is 0.632. The number of piperazine rings is 1. The highest BCUT2D eigenvalue weighted by atomic mass is 16.5. The molecule has 2 fully saturated rings. The van der Waals surface area contributed by atoms with Gasteiger partial charge in [0.25, 0.3) is 0 Å². The summed E-state index contributed by atoms with van der Waals surface area (Å²) in [4.78, 5) is 19.2. The van der Waals surface area contributed by atoms with E-state index in [2.05, 4.69) is 41.0 Å². The molecule has 1 aromatic rings. The van der Waals surface area contributed by atoms with Gasteiger partial charge in [-0.05, 0) is 32.4 Å². The van der Waals surface area contributed by atoms with E-state index in [4.69, 9.17) is 4.74 Å². The van der Waals surface area contributed by atoms with E-state index in [1.54, 1.807) is 0 Å². The summed E-state index contributed by atoms with van der Waals surface area (Å²) < 4.78 is 5.72. The summed E-state index contributed by atoms with van der Waals surface area (Å²) in [7, 11) is 0. The van der Waals surface area contributed by atoms with Crippen molar-refractivity contribution in [1.29, 1.82) is 0 Å². The number of anilines is 1. The maximum absolute atomic E-state index is 12.6. The minimum atomic E-state index is 0.135. The summed E-state index contributed by atoms with van der Waals surface area (Å²) in [5.74, 6) is 0.237. The SMILES string of the molecule is Cc1ccccc1N1CCN(CC(=O)N2CC(C)OC(C)C2)CC1. The van der Waals surface area contributed by atoms with Gasteiger partial charge in [0.15, 0.2) is 0 Å². The molecule has 5 nitrogen and oxygen atoms in total. The average Bonchev–Trinajstić information content (AvgIpc) is 2.55. The van der Waals surface area contributed by atoms with Crippen molar-refractivity contribution in [1.82, 2.24) is 9.80 Å². The molecular formula is C19H29N3O2. The smallest absolute Gasteiger partial charge is 0.236 e. The van der Waals surface area contributed by atoms with Crippen molar-refractivity contribution >= 4 is 11.6 Å². The number of benzene rings is 1. The van der Waals surface area contributed by atoms with E-state index >= 15 is 0 Å². The zero-order valence-electron chi connectivity index (χ0n) is 15.1. The molecule has 2 saturated heterocycles. The van der Waals surface area contributed by atoms with E-state index < -0.39 is 0 Å². The summed E-state index contributed by atoms with van der Waals surface area (Å²) in [5.41, 5.74) is 2.64. The van der Waals surface area contributed by atoms with E-state index in [0.717, 1.165) is 26.2 Å². The second kappa shape index (κ2) is 7.53. The first-order chi connectivity index (χ1) is 11.5. The molecule has 0 bridgehead atoms. The van der Waals surface area contributed by atoms with Crippen LogP contribution < -0.4 is 4.90 Å². The van der Waals surface area contributed by atoms with Crippen molar-refractivity contribution in [2.24, 2.45) is 0 Å². The summed E-state index contributed by atoms with van der Waals surface area (Å²) in [6.45, 7) is 12.0. The second-order valence-electron chi connectivity index (χ2n) is 7.11. The van der Waals surface area contributed by atoms with Gasteiger partial charge in [-0.25, -0.2) is 0 Å². The monoisotopic (exact) mass is 331 g/mol. The third-order valence-electron chi connectivity index (χ3n) is 4.96. The molecule has 0 N–H and O–H groups in total. The Morgan fingerprint density at radius 1 is 1.08 bits per heavy atom. The number of ether oxygens (including phenoxy) is 1. The number of morpholine rings is 1. The Morgan fingerprint density at radius 2 is 1.71 bits per heavy atom. The standard InChI is InChI=1S/C19H29N3O2/c1-15-6-4-5-7-18(15)21-10-8-20(9-11-21)14-19(23)22-12-16(2)24-17(3)13-22/h4-7,16-17H,8-14H2,1-3H3. The molecule has 3 rings (SSSR count). The highest BCUT2D eigenvalue weighted by Crippen LogP contribution is 2.21. The Labute approximate surface area is 145 Å². The third-order valence-corrected chi connectivity index (χ3v) is 4.96. The molecule has 132 valence electrons. The molecule has 0 aromatic heterocycles. The zero-order chi connectivity index (χ0) is 17.1. The average molecular weight is 331 g/mol. The summed E-state index contributed by atoms with van der Waals surface area (Å²) in [6, 6.07) is 8.52. The molecule has 0 aliphatic carbocycles. The van der Waals surface area contributed by atoms with Crippen LogP contribution in [0.5, 0.6) is 0 Å². The summed E-state index contributed by atoms with van der Waals surface area (Å²) in [5, 5.41) is 0. The molecule has 1 aromatic carbocycles. The number of nitrogens with zero attached hydrogens (tertiary/aromatic N) is 3. The lowest BCUT2D eigenvalue weighted by Crippen LogP contribution is -2.54. The van der Waals surface area contributed by atoms with E-state index in [1.165, 1.54) is 11.3 Å². The van der Waals surface area contributed by atoms with E-state index in [-0.39, 0.29) is 18.1 Å². The van der Waals surface area contributed by atoms with Gasteiger partial charge in [-0.1, -0.05) is 18.2 Å². The minimum absolute atomic E-state index is 0.135. The van der Waals surface area contributed by atoms with Crippen molar-refractivity contribution in [3.05, 3.63) is 29.8 Å². The number of para-hydroxylation sites is 1. The molecular weight excluding hydrogens is 302 g/mol. The van der Waals surface area contributed by atoms with Crippen molar-refractivity contribution in [2.45, 2.75) is 33.0 Å². The lowest BCUT2D eigenvalue weighted by atomic mass is 10.1. The Balaban J connectivity index is 1.50. The Bertz CT molecular complexity index is 559. The van der Waals surface area contributed by atoms with Gasteiger partial charge in [-0.2, -0.15) is 0 Å². The van der Waals surface area contributed by atoms with E-state index in [0.29, 0.717) is 19.6 Å². The van der Waals surface area contributed by atoms with Gasteiger partial charge in [0, 0.05) is 45.0 Å². The summed E-state index contributed by atoms with van der Waals surface area (Å²) >= 11 is 0. The molecule has 0 spiro atoms. The maximum Gasteiger partial charge on any atom is 0.236 e. The number of hydrogen-bond acceptors (Lipinski definition) is 4. The second-order valence-corrected chi connectivity index (χ2v) is 7.11. The van der Waals surface area contributed by atoms with Gasteiger partial charge in [0.1, 0.15) is 0 Å². The van der Waals surface area contributed by atoms with Crippen LogP contribution in [0, 0.1) is 6.92 Å². The number of amides is 1. The molecule has 5 heteroatoms. The first-order valence-corrected chi connectivity index (χ1v) is 8.99. The molecule has 2 unspecified atom stereocenters. The van der Waals surface area contributed by atoms with Crippen LogP contribution in [0.4, 0.5) is 5.69 Å². The largest absolute Gasteiger partial charge is 0.372 e. The van der Waals surface area contributed by atoms with Gasteiger partial charge in [-0.15, -0.1) is 0 Å². The predicted octanol–water partition coefficient (Wildman–Crippen LogP) is 1.75. The number of carbonyl (C=O) groups is 1. The molecule has 1 amide bonds. The van der Waals surface area contributed by atoms with Crippen LogP contribution in [-0.2, 0) is 9.53 Å². The Hall–Kier alpha value is -1.59. The fourth-order valence-corrected chi connectivity index (χ4v) is 3.74. The van der Waals surface area contributed by atoms with E-state index in [9.17, 15) is 4.79 Å². The quantitative estimate of drug-likeness (QED) is 0.845. The molecule has 0 radical (unpaired) electrons. The van der Waals surface area contributed by atoms with Crippen LogP contribution in [0.1, 0.15) is 19.4 Å². The minimum Gasteiger partial charge on any atom is -0.372 e. The first kappa shape index (κ1) is 17.2. The van der Waals surface area contributed by atoms with Crippen LogP contribution >= 0.6 is 0 Å². The predicted molar refractivity (Wildman–Crippen MR) is 96.4 cm³/mol. The molecule has 0 saturated carbocycles. The van der Waals surface area contributed by atoms with Crippen LogP contribution in [0.3, 0.4) is 0 Å². The van der Waals surface area contributed by atoms with Gasteiger partial charge >= 0.3 is 0 Å². The van der Waals surface area contributed by atoms with Gasteiger partial charge in [0.05, 0.1) is 18.8 Å². The Morgan fingerprint density at radius 3 is 2.33 bits per heavy atom. The fourth-order valence-electron chi connectivity index (χ4n) is 3.74. The van der Waals surface area contributed by atoms with Crippen LogP contribution in [0.25, 0.3) is 0 Å². The third kappa shape index (κ3) is 4.08. The van der Waals surface area contributed by atoms with Crippen molar-refractivity contribution < 1.29 is 9.53 Å². The van der Waals surface area contributed by atoms with Crippen molar-refractivity contribution in [2.75, 3.05) is 50.7 Å². The van der Waals surface area contributed by atoms with Crippen LogP contribution in [0.15, 0.2) is 24.3 Å². The maximum atomic E-state index is 12.6. The van der Waals surface area contributed by atoms with Crippen molar-refractivity contribution in [3.63, 3.8) is 0 Å². The number of rotatable bonds is 3. The highest BCUT2D eigenvalue weighted by molar-refractivity contribution is 5.78. The van der Waals surface area contributed by atoms with Gasteiger partial charge in [0.2, 0.25) is 5.91 Å². The molecule has 2 aliphatic rings. The van der Waals surface area contributed by atoms with Crippen LogP contribution in [-0.4, -0.2) is 73.7 Å². The number of aryl methyl sites for hydroxylation is 1. The topological polar surface area (TPSA) is 36.0 Å². The molecule has 2 aliphatic heterocycles. The van der Waals surface area contributed by atoms with E-state index in [1.807, 2.05) is 18.7 Å². The molecule has 24 heavy (non-hydrogen) atoms. The Kier molecular flexibility index (Phi) is 5.41. The highest BCUT2D eigenvalue weighted by Gasteiger charge is 2.28. The van der Waals surface area contributed by atoms with Gasteiger partial charge in [-0.3, -0.25) is 9.69 Å². The zero-order valence-corrected chi connectivity index (χ0v) is 15.1. The lowest BCUT2D eigenvalue weighted by Gasteiger charge is -2.39. The summed E-state index contributed by atoms with van der Waals surface area (Å²) in [6.07, 6.45) is 0.270. The van der Waals surface area contributed by atoms with Crippen molar-refractivity contribution in [3.8, 4) is 0 Å². The normalized spacial score (nSPS) is 25.8. The number of hydrogen-bond donors (Lipinski definition) is 0. The molecule has 2 heterocycles.